The molecule has 2 fully saturated rings. The molecule has 0 spiro atoms. The van der Waals surface area contributed by atoms with E-state index in [4.69, 9.17) is 0 Å². The molecule has 2 aliphatic rings. The van der Waals surface area contributed by atoms with E-state index in [1.807, 2.05) is 30.3 Å². The van der Waals surface area contributed by atoms with Crippen molar-refractivity contribution < 1.29 is 22.8 Å². The molecule has 1 saturated heterocycles. The van der Waals surface area contributed by atoms with Crippen LogP contribution in [0.5, 0.6) is 0 Å². The first-order valence-electron chi connectivity index (χ1n) is 13.7. The van der Waals surface area contributed by atoms with Crippen LogP contribution in [0.2, 0.25) is 0 Å². The third-order valence-electron chi connectivity index (χ3n) is 7.98. The van der Waals surface area contributed by atoms with Crippen LogP contribution in [0.4, 0.5) is 13.2 Å². The van der Waals surface area contributed by atoms with E-state index in [9.17, 15) is 22.8 Å². The largest absolute Gasteiger partial charge is 0.353 e. The highest BCUT2D eigenvalue weighted by molar-refractivity contribution is 5.79. The standard InChI is InChI=1S/C30H38F3N3O2/c1-21(36-17-13-26(14-18-36)34-28(37)20-22-7-9-25(31)10-8-22)19-27(23-5-3-2-4-6-23)35-29(38)24-11-15-30(32,33)16-12-24/h2-10,21,24,26-27H,11-20H2,1H3,(H,34,37)(H,35,38)/t21-,27-/m0/s1. The topological polar surface area (TPSA) is 61.4 Å². The summed E-state index contributed by atoms with van der Waals surface area (Å²) >= 11 is 0. The van der Waals surface area contributed by atoms with Gasteiger partial charge in [0.2, 0.25) is 17.7 Å². The van der Waals surface area contributed by atoms with Crippen LogP contribution in [0.3, 0.4) is 0 Å². The monoisotopic (exact) mass is 529 g/mol. The molecule has 0 bridgehead atoms. The number of carbonyl (C=O) groups is 2. The van der Waals surface area contributed by atoms with Crippen molar-refractivity contribution in [3.63, 3.8) is 0 Å². The fraction of sp³-hybridized carbons (Fsp3) is 0.533. The lowest BCUT2D eigenvalue weighted by molar-refractivity contribution is -0.130. The molecule has 206 valence electrons. The molecular weight excluding hydrogens is 491 g/mol. The Hall–Kier alpha value is -2.87. The molecule has 4 rings (SSSR count). The van der Waals surface area contributed by atoms with Crippen LogP contribution in [0.15, 0.2) is 54.6 Å². The number of rotatable bonds is 9. The van der Waals surface area contributed by atoms with Gasteiger partial charge in [-0.05, 0) is 62.3 Å². The highest BCUT2D eigenvalue weighted by atomic mass is 19.3. The summed E-state index contributed by atoms with van der Waals surface area (Å²) < 4.78 is 40.3. The molecule has 1 aliphatic heterocycles. The van der Waals surface area contributed by atoms with Gasteiger partial charge in [0.15, 0.2) is 0 Å². The van der Waals surface area contributed by atoms with Gasteiger partial charge in [0.05, 0.1) is 12.5 Å². The molecule has 0 aromatic heterocycles. The number of amides is 2. The number of halogens is 3. The molecule has 0 unspecified atom stereocenters. The van der Waals surface area contributed by atoms with Gasteiger partial charge in [0, 0.05) is 43.9 Å². The highest BCUT2D eigenvalue weighted by Gasteiger charge is 2.38. The van der Waals surface area contributed by atoms with E-state index < -0.39 is 5.92 Å². The summed E-state index contributed by atoms with van der Waals surface area (Å²) in [6.45, 7) is 3.81. The SMILES string of the molecule is C[C@@H](C[C@H](NC(=O)C1CCC(F)(F)CC1)c1ccccc1)N1CCC(NC(=O)Cc2ccc(F)cc2)CC1. The molecule has 1 aliphatic carbocycles. The van der Waals surface area contributed by atoms with Crippen molar-refractivity contribution in [3.05, 3.63) is 71.5 Å². The van der Waals surface area contributed by atoms with Crippen molar-refractivity contribution in [2.24, 2.45) is 5.92 Å². The number of alkyl halides is 2. The molecule has 2 amide bonds. The molecule has 38 heavy (non-hydrogen) atoms. The third-order valence-corrected chi connectivity index (χ3v) is 7.98. The number of piperidine rings is 1. The molecule has 2 atom stereocenters. The van der Waals surface area contributed by atoms with Crippen LogP contribution in [0, 0.1) is 11.7 Å². The van der Waals surface area contributed by atoms with E-state index in [0.29, 0.717) is 6.42 Å². The Labute approximate surface area is 223 Å². The lowest BCUT2D eigenvalue weighted by Crippen LogP contribution is -2.48. The number of benzene rings is 2. The van der Waals surface area contributed by atoms with Crippen LogP contribution in [-0.4, -0.2) is 47.8 Å². The van der Waals surface area contributed by atoms with E-state index in [1.165, 1.54) is 12.1 Å². The van der Waals surface area contributed by atoms with Gasteiger partial charge in [0.1, 0.15) is 5.82 Å². The van der Waals surface area contributed by atoms with Gasteiger partial charge >= 0.3 is 0 Å². The molecular formula is C30H38F3N3O2. The van der Waals surface area contributed by atoms with Crippen LogP contribution >= 0.6 is 0 Å². The summed E-state index contributed by atoms with van der Waals surface area (Å²) in [7, 11) is 0. The number of nitrogens with one attached hydrogen (secondary N) is 2. The summed E-state index contributed by atoms with van der Waals surface area (Å²) in [5.74, 6) is -3.54. The lowest BCUT2D eigenvalue weighted by atomic mass is 9.85. The number of hydrogen-bond donors (Lipinski definition) is 2. The Morgan fingerprint density at radius 2 is 1.61 bits per heavy atom. The zero-order chi connectivity index (χ0) is 27.1. The zero-order valence-corrected chi connectivity index (χ0v) is 22.0. The highest BCUT2D eigenvalue weighted by Crippen LogP contribution is 2.36. The molecule has 2 N–H and O–H groups in total. The van der Waals surface area contributed by atoms with E-state index >= 15 is 0 Å². The third kappa shape index (κ3) is 8.06. The predicted molar refractivity (Wildman–Crippen MR) is 141 cm³/mol. The van der Waals surface area contributed by atoms with Crippen molar-refractivity contribution in [1.29, 1.82) is 0 Å². The second-order valence-electron chi connectivity index (χ2n) is 10.9. The average molecular weight is 530 g/mol. The molecule has 2 aromatic carbocycles. The summed E-state index contributed by atoms with van der Waals surface area (Å²) in [5, 5.41) is 6.28. The first-order chi connectivity index (χ1) is 18.2. The van der Waals surface area contributed by atoms with Gasteiger partial charge < -0.3 is 15.5 Å². The van der Waals surface area contributed by atoms with Gasteiger partial charge in [0.25, 0.3) is 0 Å². The Morgan fingerprint density at radius 3 is 2.24 bits per heavy atom. The Balaban J connectivity index is 1.28. The lowest BCUT2D eigenvalue weighted by Gasteiger charge is -2.38. The fourth-order valence-electron chi connectivity index (χ4n) is 5.60. The van der Waals surface area contributed by atoms with Crippen LogP contribution < -0.4 is 10.6 Å². The minimum Gasteiger partial charge on any atom is -0.353 e. The molecule has 8 heteroatoms. The first-order valence-corrected chi connectivity index (χ1v) is 13.7. The first kappa shape index (κ1) is 28.1. The number of nitrogens with zero attached hydrogens (tertiary/aromatic N) is 1. The van der Waals surface area contributed by atoms with Gasteiger partial charge in [-0.25, -0.2) is 13.2 Å². The van der Waals surface area contributed by atoms with Gasteiger partial charge in [-0.3, -0.25) is 9.59 Å². The van der Waals surface area contributed by atoms with Crippen molar-refractivity contribution >= 4 is 11.8 Å². The van der Waals surface area contributed by atoms with Crippen molar-refractivity contribution in [3.8, 4) is 0 Å². The maximum Gasteiger partial charge on any atom is 0.248 e. The van der Waals surface area contributed by atoms with E-state index in [1.54, 1.807) is 12.1 Å². The van der Waals surface area contributed by atoms with E-state index in [2.05, 4.69) is 22.5 Å². The predicted octanol–water partition coefficient (Wildman–Crippen LogP) is 5.41. The van der Waals surface area contributed by atoms with Crippen LogP contribution in [0.1, 0.15) is 69.0 Å². The average Bonchev–Trinajstić information content (AvgIpc) is 2.90. The van der Waals surface area contributed by atoms with E-state index in [-0.39, 0.29) is 73.8 Å². The summed E-state index contributed by atoms with van der Waals surface area (Å²) in [6, 6.07) is 15.9. The molecule has 0 radical (unpaired) electrons. The second-order valence-corrected chi connectivity index (χ2v) is 10.9. The summed E-state index contributed by atoms with van der Waals surface area (Å²) in [4.78, 5) is 27.8. The zero-order valence-electron chi connectivity index (χ0n) is 22.0. The van der Waals surface area contributed by atoms with Gasteiger partial charge in [-0.1, -0.05) is 42.5 Å². The Bertz CT molecular complexity index is 1050. The Kier molecular flexibility index (Phi) is 9.47. The van der Waals surface area contributed by atoms with Gasteiger partial charge in [-0.2, -0.15) is 0 Å². The maximum atomic E-state index is 13.6. The van der Waals surface area contributed by atoms with Gasteiger partial charge in [-0.15, -0.1) is 0 Å². The molecule has 1 heterocycles. The normalized spacial score (nSPS) is 20.4. The Morgan fingerprint density at radius 1 is 0.974 bits per heavy atom. The fourth-order valence-corrected chi connectivity index (χ4v) is 5.60. The van der Waals surface area contributed by atoms with Crippen molar-refractivity contribution in [2.75, 3.05) is 13.1 Å². The molecule has 2 aromatic rings. The molecule has 1 saturated carbocycles. The summed E-state index contributed by atoms with van der Waals surface area (Å²) in [6.07, 6.45) is 2.58. The quantitative estimate of drug-likeness (QED) is 0.457. The maximum absolute atomic E-state index is 13.6. The molecule has 5 nitrogen and oxygen atoms in total. The second kappa shape index (κ2) is 12.8. The number of hydrogen-bond acceptors (Lipinski definition) is 3. The van der Waals surface area contributed by atoms with Crippen LogP contribution in [-0.2, 0) is 16.0 Å². The van der Waals surface area contributed by atoms with E-state index in [0.717, 1.165) is 37.1 Å². The smallest absolute Gasteiger partial charge is 0.248 e. The minimum absolute atomic E-state index is 0.0598. The van der Waals surface area contributed by atoms with Crippen LogP contribution in [0.25, 0.3) is 0 Å². The number of likely N-dealkylation sites (tertiary alicyclic amines) is 1. The summed E-state index contributed by atoms with van der Waals surface area (Å²) in [5.41, 5.74) is 1.79. The van der Waals surface area contributed by atoms with Crippen molar-refractivity contribution in [2.45, 2.75) is 82.3 Å². The minimum atomic E-state index is -2.66. The van der Waals surface area contributed by atoms with Crippen molar-refractivity contribution in [1.82, 2.24) is 15.5 Å². The number of carbonyl (C=O) groups excluding carboxylic acids is 2.